The van der Waals surface area contributed by atoms with Gasteiger partial charge in [-0.05, 0) is 17.0 Å². The van der Waals surface area contributed by atoms with Crippen LogP contribution >= 0.6 is 11.3 Å². The molecule has 2 aromatic rings. The van der Waals surface area contributed by atoms with Crippen molar-refractivity contribution in [1.82, 2.24) is 4.90 Å². The Morgan fingerprint density at radius 3 is 2.77 bits per heavy atom. The van der Waals surface area contributed by atoms with Gasteiger partial charge in [-0.15, -0.1) is 11.3 Å². The lowest BCUT2D eigenvalue weighted by Crippen LogP contribution is -2.25. The zero-order valence-electron chi connectivity index (χ0n) is 12.1. The second kappa shape index (κ2) is 6.75. The molecule has 0 aliphatic carbocycles. The van der Waals surface area contributed by atoms with Gasteiger partial charge in [-0.2, -0.15) is 0 Å². The fraction of sp³-hybridized carbons (Fsp3) is 0.294. The second-order valence-electron chi connectivity index (χ2n) is 5.41. The van der Waals surface area contributed by atoms with E-state index in [9.17, 15) is 9.59 Å². The van der Waals surface area contributed by atoms with Gasteiger partial charge >= 0.3 is 5.97 Å². The highest BCUT2D eigenvalue weighted by Crippen LogP contribution is 2.21. The molecule has 5 heteroatoms. The van der Waals surface area contributed by atoms with E-state index in [0.29, 0.717) is 31.0 Å². The molecule has 1 aromatic heterocycles. The molecule has 0 bridgehead atoms. The number of thiophene rings is 1. The average Bonchev–Trinajstić information content (AvgIpc) is 3.17. The van der Waals surface area contributed by atoms with Crippen molar-refractivity contribution in [2.45, 2.75) is 13.0 Å². The summed E-state index contributed by atoms with van der Waals surface area (Å²) < 4.78 is 5.31. The van der Waals surface area contributed by atoms with E-state index in [1.54, 1.807) is 6.07 Å². The molecule has 1 aliphatic rings. The van der Waals surface area contributed by atoms with E-state index in [2.05, 4.69) is 0 Å². The number of hydrogen-bond acceptors (Lipinski definition) is 4. The average molecular weight is 315 g/mol. The van der Waals surface area contributed by atoms with E-state index in [1.807, 2.05) is 46.7 Å². The van der Waals surface area contributed by atoms with Crippen molar-refractivity contribution in [1.29, 1.82) is 0 Å². The molecular weight excluding hydrogens is 298 g/mol. The molecule has 114 valence electrons. The first-order chi connectivity index (χ1) is 10.7. The van der Waals surface area contributed by atoms with Crippen LogP contribution in [0.1, 0.15) is 21.7 Å². The van der Waals surface area contributed by atoms with Crippen molar-refractivity contribution in [2.75, 3.05) is 13.2 Å². The fourth-order valence-electron chi connectivity index (χ4n) is 2.58. The van der Waals surface area contributed by atoms with Crippen molar-refractivity contribution in [3.63, 3.8) is 0 Å². The molecule has 3 rings (SSSR count). The molecule has 1 fully saturated rings. The Labute approximate surface area is 133 Å². The topological polar surface area (TPSA) is 46.6 Å². The van der Waals surface area contributed by atoms with Gasteiger partial charge in [0, 0.05) is 25.4 Å². The number of likely N-dealkylation sites (tertiary alicyclic amines) is 1. The molecule has 1 aliphatic heterocycles. The summed E-state index contributed by atoms with van der Waals surface area (Å²) in [5.74, 6) is -0.0925. The van der Waals surface area contributed by atoms with Crippen LogP contribution in [0.3, 0.4) is 0 Å². The Bertz CT molecular complexity index is 639. The Kier molecular flexibility index (Phi) is 4.53. The van der Waals surface area contributed by atoms with Gasteiger partial charge in [0.15, 0.2) is 0 Å². The molecule has 0 saturated carbocycles. The van der Waals surface area contributed by atoms with Crippen LogP contribution in [0.15, 0.2) is 47.8 Å². The van der Waals surface area contributed by atoms with Crippen molar-refractivity contribution >= 4 is 23.2 Å². The minimum Gasteiger partial charge on any atom is -0.461 e. The number of carbonyl (C=O) groups excluding carboxylic acids is 2. The third-order valence-corrected chi connectivity index (χ3v) is 4.53. The Morgan fingerprint density at radius 1 is 1.23 bits per heavy atom. The van der Waals surface area contributed by atoms with Crippen molar-refractivity contribution in [3.05, 3.63) is 58.3 Å². The van der Waals surface area contributed by atoms with E-state index in [4.69, 9.17) is 4.74 Å². The first-order valence-corrected chi connectivity index (χ1v) is 8.12. The van der Waals surface area contributed by atoms with Gasteiger partial charge in [-0.25, -0.2) is 4.79 Å². The van der Waals surface area contributed by atoms with Gasteiger partial charge in [0.05, 0.1) is 6.61 Å². The second-order valence-corrected chi connectivity index (χ2v) is 6.35. The van der Waals surface area contributed by atoms with Crippen molar-refractivity contribution < 1.29 is 14.3 Å². The lowest BCUT2D eigenvalue weighted by atomic mass is 10.1. The molecule has 1 amide bonds. The van der Waals surface area contributed by atoms with Crippen LogP contribution in [-0.4, -0.2) is 29.9 Å². The molecule has 1 unspecified atom stereocenters. The number of esters is 1. The minimum atomic E-state index is -0.302. The maximum atomic E-state index is 12.0. The maximum absolute atomic E-state index is 12.0. The van der Waals surface area contributed by atoms with E-state index < -0.39 is 0 Å². The summed E-state index contributed by atoms with van der Waals surface area (Å²) in [5.41, 5.74) is 1.12. The summed E-state index contributed by atoms with van der Waals surface area (Å²) in [5, 5.41) is 1.84. The molecule has 0 N–H and O–H groups in total. The summed E-state index contributed by atoms with van der Waals surface area (Å²) in [6.07, 6.45) is 0.449. The summed E-state index contributed by atoms with van der Waals surface area (Å²) in [7, 11) is 0. The maximum Gasteiger partial charge on any atom is 0.348 e. The lowest BCUT2D eigenvalue weighted by Gasteiger charge is -2.16. The molecule has 1 atom stereocenters. The molecule has 1 saturated heterocycles. The zero-order chi connectivity index (χ0) is 15.4. The van der Waals surface area contributed by atoms with Crippen LogP contribution < -0.4 is 0 Å². The van der Waals surface area contributed by atoms with Crippen LogP contribution in [-0.2, 0) is 16.1 Å². The quantitative estimate of drug-likeness (QED) is 0.797. The zero-order valence-corrected chi connectivity index (χ0v) is 12.9. The lowest BCUT2D eigenvalue weighted by molar-refractivity contribution is -0.128. The Morgan fingerprint density at radius 2 is 2.05 bits per heavy atom. The SMILES string of the molecule is O=C(OCC1CC(=O)N(Cc2ccccc2)C1)c1cccs1. The van der Waals surface area contributed by atoms with Crippen LogP contribution in [0.4, 0.5) is 0 Å². The number of rotatable bonds is 5. The van der Waals surface area contributed by atoms with E-state index in [0.717, 1.165) is 5.56 Å². The number of ether oxygens (including phenoxy) is 1. The highest BCUT2D eigenvalue weighted by atomic mass is 32.1. The van der Waals surface area contributed by atoms with E-state index >= 15 is 0 Å². The van der Waals surface area contributed by atoms with Gasteiger partial charge in [0.2, 0.25) is 5.91 Å². The number of hydrogen-bond donors (Lipinski definition) is 0. The highest BCUT2D eigenvalue weighted by Gasteiger charge is 2.30. The first kappa shape index (κ1) is 14.8. The fourth-order valence-corrected chi connectivity index (χ4v) is 3.20. The van der Waals surface area contributed by atoms with Gasteiger partial charge in [-0.1, -0.05) is 36.4 Å². The molecule has 2 heterocycles. The number of amides is 1. The summed E-state index contributed by atoms with van der Waals surface area (Å²) in [6, 6.07) is 13.5. The van der Waals surface area contributed by atoms with Crippen LogP contribution in [0.2, 0.25) is 0 Å². The minimum absolute atomic E-state index is 0.0834. The molecule has 4 nitrogen and oxygen atoms in total. The standard InChI is InChI=1S/C17H17NO3S/c19-16-9-14(12-21-17(20)15-7-4-8-22-15)11-18(16)10-13-5-2-1-3-6-13/h1-8,14H,9-12H2. The van der Waals surface area contributed by atoms with Gasteiger partial charge in [0.25, 0.3) is 0 Å². The predicted molar refractivity (Wildman–Crippen MR) is 84.6 cm³/mol. The van der Waals surface area contributed by atoms with Crippen molar-refractivity contribution in [3.8, 4) is 0 Å². The Hall–Kier alpha value is -2.14. The monoisotopic (exact) mass is 315 g/mol. The van der Waals surface area contributed by atoms with Crippen molar-refractivity contribution in [2.24, 2.45) is 5.92 Å². The molecule has 0 radical (unpaired) electrons. The van der Waals surface area contributed by atoms with Gasteiger partial charge in [-0.3, -0.25) is 4.79 Å². The molecular formula is C17H17NO3S. The van der Waals surface area contributed by atoms with Crippen LogP contribution in [0.25, 0.3) is 0 Å². The molecule has 1 aromatic carbocycles. The number of benzene rings is 1. The van der Waals surface area contributed by atoms with Gasteiger partial charge in [0.1, 0.15) is 4.88 Å². The Balaban J connectivity index is 1.50. The van der Waals surface area contributed by atoms with E-state index in [1.165, 1.54) is 11.3 Å². The van der Waals surface area contributed by atoms with Gasteiger partial charge < -0.3 is 9.64 Å². The third-order valence-electron chi connectivity index (χ3n) is 3.68. The predicted octanol–water partition coefficient (Wildman–Crippen LogP) is 2.95. The van der Waals surface area contributed by atoms with E-state index in [-0.39, 0.29) is 17.8 Å². The highest BCUT2D eigenvalue weighted by molar-refractivity contribution is 7.11. The summed E-state index contributed by atoms with van der Waals surface area (Å²) in [6.45, 7) is 1.56. The largest absolute Gasteiger partial charge is 0.461 e. The summed E-state index contributed by atoms with van der Waals surface area (Å²) in [4.78, 5) is 26.3. The number of carbonyl (C=O) groups is 2. The molecule has 22 heavy (non-hydrogen) atoms. The number of nitrogens with zero attached hydrogens (tertiary/aromatic N) is 1. The van der Waals surface area contributed by atoms with Crippen LogP contribution in [0, 0.1) is 5.92 Å². The van der Waals surface area contributed by atoms with Crippen LogP contribution in [0.5, 0.6) is 0 Å². The third kappa shape index (κ3) is 3.54. The molecule has 0 spiro atoms. The summed E-state index contributed by atoms with van der Waals surface area (Å²) >= 11 is 1.36. The smallest absolute Gasteiger partial charge is 0.348 e. The first-order valence-electron chi connectivity index (χ1n) is 7.24. The normalized spacial score (nSPS) is 17.7.